The molecule has 0 unspecified atom stereocenters. The molecule has 0 aliphatic carbocycles. The van der Waals surface area contributed by atoms with Crippen molar-refractivity contribution >= 4 is 55.8 Å². The Labute approximate surface area is 150 Å². The van der Waals surface area contributed by atoms with Gasteiger partial charge in [0.2, 0.25) is 0 Å². The lowest BCUT2D eigenvalue weighted by Crippen LogP contribution is -2.16. The SMILES string of the molecule is Clc1ccc(NCc2cc(Br)c3c(c2)OCCO3)c(I)c1. The Morgan fingerprint density at radius 3 is 2.81 bits per heavy atom. The maximum Gasteiger partial charge on any atom is 0.175 e. The van der Waals surface area contributed by atoms with Gasteiger partial charge < -0.3 is 14.8 Å². The molecule has 0 saturated carbocycles. The Morgan fingerprint density at radius 1 is 1.19 bits per heavy atom. The Bertz CT molecular complexity index is 681. The topological polar surface area (TPSA) is 30.5 Å². The number of rotatable bonds is 3. The first-order chi connectivity index (χ1) is 10.1. The molecule has 3 rings (SSSR count). The lowest BCUT2D eigenvalue weighted by Gasteiger charge is -2.20. The van der Waals surface area contributed by atoms with Crippen molar-refractivity contribution in [1.82, 2.24) is 0 Å². The fourth-order valence-electron chi connectivity index (χ4n) is 2.10. The maximum atomic E-state index is 5.97. The molecule has 21 heavy (non-hydrogen) atoms. The standard InChI is InChI=1S/C15H12BrClINO2/c16-11-5-9(6-14-15(11)21-4-3-20-14)8-19-13-2-1-10(17)7-12(13)18/h1-2,5-7,19H,3-4,8H2. The summed E-state index contributed by atoms with van der Waals surface area (Å²) in [6, 6.07) is 9.85. The van der Waals surface area contributed by atoms with Gasteiger partial charge in [-0.25, -0.2) is 0 Å². The molecule has 0 aromatic heterocycles. The molecule has 0 atom stereocenters. The first-order valence-corrected chi connectivity index (χ1v) is 8.65. The van der Waals surface area contributed by atoms with Crippen molar-refractivity contribution in [3.63, 3.8) is 0 Å². The van der Waals surface area contributed by atoms with Gasteiger partial charge in [-0.1, -0.05) is 11.6 Å². The van der Waals surface area contributed by atoms with Gasteiger partial charge in [-0.05, 0) is 74.4 Å². The Balaban J connectivity index is 1.77. The van der Waals surface area contributed by atoms with Crippen LogP contribution in [0.5, 0.6) is 11.5 Å². The number of nitrogens with one attached hydrogen (secondary N) is 1. The van der Waals surface area contributed by atoms with Crippen LogP contribution >= 0.6 is 50.1 Å². The predicted octanol–water partition coefficient (Wildman–Crippen LogP) is 5.09. The quantitative estimate of drug-likeness (QED) is 0.621. The van der Waals surface area contributed by atoms with Crippen molar-refractivity contribution < 1.29 is 9.47 Å². The lowest BCUT2D eigenvalue weighted by molar-refractivity contribution is 0.170. The summed E-state index contributed by atoms with van der Waals surface area (Å²) in [6.07, 6.45) is 0. The van der Waals surface area contributed by atoms with E-state index >= 15 is 0 Å². The van der Waals surface area contributed by atoms with E-state index in [0.29, 0.717) is 19.8 Å². The average Bonchev–Trinajstić information content (AvgIpc) is 2.46. The van der Waals surface area contributed by atoms with Crippen LogP contribution in [0.4, 0.5) is 5.69 Å². The zero-order chi connectivity index (χ0) is 14.8. The molecule has 6 heteroatoms. The maximum absolute atomic E-state index is 5.97. The molecule has 1 aliphatic rings. The largest absolute Gasteiger partial charge is 0.486 e. The van der Waals surface area contributed by atoms with Gasteiger partial charge in [0.1, 0.15) is 13.2 Å². The van der Waals surface area contributed by atoms with Crippen LogP contribution < -0.4 is 14.8 Å². The van der Waals surface area contributed by atoms with Crippen LogP contribution in [-0.2, 0) is 6.54 Å². The molecule has 3 nitrogen and oxygen atoms in total. The highest BCUT2D eigenvalue weighted by Crippen LogP contribution is 2.38. The third-order valence-electron chi connectivity index (χ3n) is 3.07. The molecule has 0 radical (unpaired) electrons. The van der Waals surface area contributed by atoms with Crippen molar-refractivity contribution in [3.8, 4) is 11.5 Å². The Hall–Kier alpha value is -0.660. The van der Waals surface area contributed by atoms with E-state index in [-0.39, 0.29) is 0 Å². The smallest absolute Gasteiger partial charge is 0.175 e. The summed E-state index contributed by atoms with van der Waals surface area (Å²) in [5.41, 5.74) is 2.18. The normalized spacial score (nSPS) is 13.1. The number of hydrogen-bond donors (Lipinski definition) is 1. The van der Waals surface area contributed by atoms with Gasteiger partial charge in [-0.15, -0.1) is 0 Å². The fourth-order valence-corrected chi connectivity index (χ4v) is 3.76. The van der Waals surface area contributed by atoms with Crippen molar-refractivity contribution in [3.05, 3.63) is 49.0 Å². The summed E-state index contributed by atoms with van der Waals surface area (Å²) in [4.78, 5) is 0. The summed E-state index contributed by atoms with van der Waals surface area (Å²) in [5.74, 6) is 1.57. The molecule has 2 aromatic carbocycles. The van der Waals surface area contributed by atoms with Gasteiger partial charge >= 0.3 is 0 Å². The monoisotopic (exact) mass is 479 g/mol. The summed E-state index contributed by atoms with van der Waals surface area (Å²) in [5, 5.41) is 4.15. The van der Waals surface area contributed by atoms with Crippen LogP contribution in [0.15, 0.2) is 34.8 Å². The van der Waals surface area contributed by atoms with E-state index in [0.717, 1.165) is 35.8 Å². The van der Waals surface area contributed by atoms with Gasteiger partial charge in [-0.3, -0.25) is 0 Å². The van der Waals surface area contributed by atoms with Crippen molar-refractivity contribution in [2.75, 3.05) is 18.5 Å². The third-order valence-corrected chi connectivity index (χ3v) is 4.79. The Morgan fingerprint density at radius 2 is 2.00 bits per heavy atom. The van der Waals surface area contributed by atoms with Crippen molar-refractivity contribution in [2.24, 2.45) is 0 Å². The number of anilines is 1. The Kier molecular flexibility index (Phi) is 4.81. The van der Waals surface area contributed by atoms with Crippen molar-refractivity contribution in [2.45, 2.75) is 6.54 Å². The average molecular weight is 481 g/mol. The second-order valence-electron chi connectivity index (χ2n) is 4.58. The molecule has 0 amide bonds. The molecule has 1 heterocycles. The van der Waals surface area contributed by atoms with E-state index in [4.69, 9.17) is 21.1 Å². The molecule has 0 bridgehead atoms. The highest BCUT2D eigenvalue weighted by atomic mass is 127. The predicted molar refractivity (Wildman–Crippen MR) is 96.6 cm³/mol. The van der Waals surface area contributed by atoms with Crippen LogP contribution in [0, 0.1) is 3.57 Å². The second kappa shape index (κ2) is 6.62. The number of halogens is 3. The van der Waals surface area contributed by atoms with Crippen LogP contribution in [0.1, 0.15) is 5.56 Å². The minimum atomic E-state index is 0.589. The minimum Gasteiger partial charge on any atom is -0.486 e. The number of fused-ring (bicyclic) bond motifs is 1. The van der Waals surface area contributed by atoms with Crippen LogP contribution in [0.25, 0.3) is 0 Å². The first-order valence-electron chi connectivity index (χ1n) is 6.40. The van der Waals surface area contributed by atoms with Gasteiger partial charge in [0, 0.05) is 20.8 Å². The minimum absolute atomic E-state index is 0.589. The molecule has 110 valence electrons. The molecule has 0 fully saturated rings. The van der Waals surface area contributed by atoms with Crippen LogP contribution in [-0.4, -0.2) is 13.2 Å². The van der Waals surface area contributed by atoms with E-state index in [1.807, 2.05) is 30.3 Å². The summed E-state index contributed by atoms with van der Waals surface area (Å²) >= 11 is 11.8. The van der Waals surface area contributed by atoms with Gasteiger partial charge in [0.05, 0.1) is 4.47 Å². The van der Waals surface area contributed by atoms with E-state index in [1.54, 1.807) is 0 Å². The van der Waals surface area contributed by atoms with Crippen LogP contribution in [0.2, 0.25) is 5.02 Å². The zero-order valence-corrected chi connectivity index (χ0v) is 15.5. The highest BCUT2D eigenvalue weighted by molar-refractivity contribution is 14.1. The van der Waals surface area contributed by atoms with E-state index < -0.39 is 0 Å². The summed E-state index contributed by atoms with van der Waals surface area (Å²) in [7, 11) is 0. The zero-order valence-electron chi connectivity index (χ0n) is 11.0. The molecular weight excluding hydrogens is 468 g/mol. The molecule has 0 saturated heterocycles. The first kappa shape index (κ1) is 15.2. The number of hydrogen-bond acceptors (Lipinski definition) is 3. The number of ether oxygens (including phenoxy) is 2. The summed E-state index contributed by atoms with van der Waals surface area (Å²) in [6.45, 7) is 1.88. The third kappa shape index (κ3) is 3.57. The lowest BCUT2D eigenvalue weighted by atomic mass is 10.2. The molecule has 1 aliphatic heterocycles. The van der Waals surface area contributed by atoms with Gasteiger partial charge in [-0.2, -0.15) is 0 Å². The molecule has 1 N–H and O–H groups in total. The van der Waals surface area contributed by atoms with E-state index in [2.05, 4.69) is 43.8 Å². The molecule has 0 spiro atoms. The number of benzene rings is 2. The van der Waals surface area contributed by atoms with Crippen LogP contribution in [0.3, 0.4) is 0 Å². The fraction of sp³-hybridized carbons (Fsp3) is 0.200. The van der Waals surface area contributed by atoms with E-state index in [1.165, 1.54) is 0 Å². The molecule has 2 aromatic rings. The van der Waals surface area contributed by atoms with Gasteiger partial charge in [0.15, 0.2) is 11.5 Å². The molecular formula is C15H12BrClINO2. The highest BCUT2D eigenvalue weighted by Gasteiger charge is 2.16. The summed E-state index contributed by atoms with van der Waals surface area (Å²) < 4.78 is 13.2. The second-order valence-corrected chi connectivity index (χ2v) is 7.03. The van der Waals surface area contributed by atoms with Gasteiger partial charge in [0.25, 0.3) is 0 Å². The van der Waals surface area contributed by atoms with Crippen molar-refractivity contribution in [1.29, 1.82) is 0 Å². The van der Waals surface area contributed by atoms with E-state index in [9.17, 15) is 0 Å².